The highest BCUT2D eigenvalue weighted by Gasteiger charge is 2.27. The molecule has 3 heterocycles. The minimum Gasteiger partial charge on any atom is -0.497 e. The van der Waals surface area contributed by atoms with Crippen LogP contribution in [0.15, 0.2) is 53.7 Å². The Kier molecular flexibility index (Phi) is 3.31. The highest BCUT2D eigenvalue weighted by atomic mass is 32.1. The number of thiazole rings is 1. The molecule has 0 aliphatic carbocycles. The fourth-order valence-electron chi connectivity index (χ4n) is 2.78. The number of rotatable bonds is 3. The number of nitrogens with zero attached hydrogens (tertiary/aromatic N) is 1. The summed E-state index contributed by atoms with van der Waals surface area (Å²) >= 11 is 1.45. The second-order valence-electron chi connectivity index (χ2n) is 5.33. The van der Waals surface area contributed by atoms with E-state index in [0.717, 1.165) is 33.7 Å². The first-order valence-electron chi connectivity index (χ1n) is 7.25. The molecule has 2 aromatic rings. The second-order valence-corrected chi connectivity index (χ2v) is 6.22. The minimum atomic E-state index is 0.0716. The number of nitrogen functional groups attached to an aromatic ring is 1. The largest absolute Gasteiger partial charge is 0.497 e. The molecule has 2 aliphatic heterocycles. The Bertz CT molecular complexity index is 850. The summed E-state index contributed by atoms with van der Waals surface area (Å²) in [6.45, 7) is 0. The molecule has 4 N–H and O–H groups in total. The van der Waals surface area contributed by atoms with E-state index in [1.165, 1.54) is 11.3 Å². The highest BCUT2D eigenvalue weighted by molar-refractivity contribution is 7.13. The summed E-state index contributed by atoms with van der Waals surface area (Å²) in [5, 5.41) is 9.27. The number of allylic oxidation sites excluding steroid dienone is 2. The number of aromatic nitrogens is 1. The Hall–Kier alpha value is -2.73. The zero-order valence-corrected chi connectivity index (χ0v) is 13.4. The zero-order chi connectivity index (χ0) is 15.8. The molecule has 1 aromatic heterocycles. The monoisotopic (exact) mass is 324 g/mol. The summed E-state index contributed by atoms with van der Waals surface area (Å²) < 4.78 is 5.31. The quantitative estimate of drug-likeness (QED) is 0.809. The van der Waals surface area contributed by atoms with Gasteiger partial charge in [-0.15, -0.1) is 11.3 Å². The van der Waals surface area contributed by atoms with E-state index in [9.17, 15) is 0 Å². The van der Waals surface area contributed by atoms with Gasteiger partial charge in [-0.1, -0.05) is 12.1 Å². The van der Waals surface area contributed by atoms with Crippen molar-refractivity contribution in [3.8, 4) is 5.75 Å². The summed E-state index contributed by atoms with van der Waals surface area (Å²) in [4.78, 5) is 4.39. The third-order valence-electron chi connectivity index (χ3n) is 3.93. The number of methoxy groups -OCH3 is 1. The fraction of sp³-hybridized carbons (Fsp3) is 0.118. The molecule has 0 saturated carbocycles. The Labute approximate surface area is 138 Å². The molecule has 0 radical (unpaired) electrons. The van der Waals surface area contributed by atoms with Gasteiger partial charge in [-0.3, -0.25) is 0 Å². The molecule has 0 amide bonds. The molecule has 5 nitrogen and oxygen atoms in total. The lowest BCUT2D eigenvalue weighted by Crippen LogP contribution is -2.36. The van der Waals surface area contributed by atoms with Crippen LogP contribution in [0.3, 0.4) is 0 Å². The Morgan fingerprint density at radius 3 is 2.91 bits per heavy atom. The molecule has 0 saturated heterocycles. The topological polar surface area (TPSA) is 72.2 Å². The van der Waals surface area contributed by atoms with Crippen LogP contribution in [0.25, 0.3) is 11.1 Å². The van der Waals surface area contributed by atoms with Gasteiger partial charge in [-0.05, 0) is 29.3 Å². The van der Waals surface area contributed by atoms with Crippen molar-refractivity contribution in [3.05, 3.63) is 65.0 Å². The Morgan fingerprint density at radius 2 is 2.13 bits per heavy atom. The number of ether oxygens (including phenoxy) is 1. The second kappa shape index (κ2) is 5.48. The third kappa shape index (κ3) is 2.47. The van der Waals surface area contributed by atoms with Gasteiger partial charge in [0.2, 0.25) is 0 Å². The lowest BCUT2D eigenvalue weighted by Gasteiger charge is -2.21. The molecule has 6 heteroatoms. The van der Waals surface area contributed by atoms with Gasteiger partial charge in [-0.25, -0.2) is 4.98 Å². The molecule has 0 fully saturated rings. The maximum Gasteiger partial charge on any atom is 0.180 e. The van der Waals surface area contributed by atoms with Crippen molar-refractivity contribution in [1.29, 1.82) is 0 Å². The lowest BCUT2D eigenvalue weighted by molar-refractivity contribution is 0.414. The maximum atomic E-state index is 5.76. The van der Waals surface area contributed by atoms with Gasteiger partial charge in [0, 0.05) is 28.9 Å². The van der Waals surface area contributed by atoms with Gasteiger partial charge in [-0.2, -0.15) is 0 Å². The molecule has 1 unspecified atom stereocenters. The van der Waals surface area contributed by atoms with Gasteiger partial charge in [0.25, 0.3) is 0 Å². The lowest BCUT2D eigenvalue weighted by atomic mass is 9.96. The predicted octanol–water partition coefficient (Wildman–Crippen LogP) is 2.57. The maximum absolute atomic E-state index is 5.76. The molecule has 0 bridgehead atoms. The molecule has 4 rings (SSSR count). The number of anilines is 1. The average Bonchev–Trinajstić information content (AvgIpc) is 3.20. The molecule has 1 atom stereocenters. The van der Waals surface area contributed by atoms with Crippen LogP contribution in [0, 0.1) is 0 Å². The van der Waals surface area contributed by atoms with Gasteiger partial charge in [0.1, 0.15) is 11.9 Å². The number of nitrogens with one attached hydrogen (secondary N) is 2. The minimum absolute atomic E-state index is 0.0716. The fourth-order valence-corrected chi connectivity index (χ4v) is 3.34. The number of hydrogen-bond acceptors (Lipinski definition) is 6. The molecule has 116 valence electrons. The van der Waals surface area contributed by atoms with Gasteiger partial charge >= 0.3 is 0 Å². The first kappa shape index (κ1) is 13.9. The van der Waals surface area contributed by atoms with Crippen LogP contribution in [0.2, 0.25) is 0 Å². The van der Waals surface area contributed by atoms with Crippen LogP contribution in [0.1, 0.15) is 11.3 Å². The van der Waals surface area contributed by atoms with E-state index in [2.05, 4.69) is 27.8 Å². The normalized spacial score (nSPS) is 19.0. The highest BCUT2D eigenvalue weighted by Crippen LogP contribution is 2.35. The van der Waals surface area contributed by atoms with E-state index in [-0.39, 0.29) is 6.17 Å². The van der Waals surface area contributed by atoms with Crippen molar-refractivity contribution < 1.29 is 4.74 Å². The van der Waals surface area contributed by atoms with Crippen LogP contribution in [-0.4, -0.2) is 18.3 Å². The Morgan fingerprint density at radius 1 is 1.26 bits per heavy atom. The molecular formula is C17H16N4OS. The van der Waals surface area contributed by atoms with Crippen molar-refractivity contribution in [2.75, 3.05) is 12.8 Å². The van der Waals surface area contributed by atoms with Crippen LogP contribution in [0.4, 0.5) is 5.13 Å². The number of dihydropyridines is 1. The van der Waals surface area contributed by atoms with E-state index in [1.807, 2.05) is 36.0 Å². The van der Waals surface area contributed by atoms with Gasteiger partial charge in [0.15, 0.2) is 5.13 Å². The number of nitrogens with two attached hydrogens (primary N) is 1. The van der Waals surface area contributed by atoms with E-state index in [1.54, 1.807) is 7.11 Å². The third-order valence-corrected chi connectivity index (χ3v) is 4.61. The first-order chi connectivity index (χ1) is 11.2. The number of hydrogen-bond donors (Lipinski definition) is 3. The summed E-state index contributed by atoms with van der Waals surface area (Å²) in [5.41, 5.74) is 11.1. The van der Waals surface area contributed by atoms with Crippen LogP contribution >= 0.6 is 11.3 Å². The van der Waals surface area contributed by atoms with Crippen molar-refractivity contribution in [1.82, 2.24) is 15.6 Å². The van der Waals surface area contributed by atoms with Gasteiger partial charge < -0.3 is 21.1 Å². The van der Waals surface area contributed by atoms with E-state index >= 15 is 0 Å². The van der Waals surface area contributed by atoms with Crippen LogP contribution in [0.5, 0.6) is 5.75 Å². The Balaban J connectivity index is 1.70. The van der Waals surface area contributed by atoms with Crippen LogP contribution < -0.4 is 21.1 Å². The zero-order valence-electron chi connectivity index (χ0n) is 12.5. The molecule has 2 aliphatic rings. The SMILES string of the molecule is COc1cccc(C2=CNC3NC=C(c4csc(N)n4)C3=C2)c1. The average molecular weight is 324 g/mol. The van der Waals surface area contributed by atoms with Gasteiger partial charge in [0.05, 0.1) is 12.8 Å². The van der Waals surface area contributed by atoms with Crippen LogP contribution in [-0.2, 0) is 0 Å². The number of fused-ring (bicyclic) bond motifs is 1. The molecular weight excluding hydrogens is 308 g/mol. The predicted molar refractivity (Wildman–Crippen MR) is 93.6 cm³/mol. The summed E-state index contributed by atoms with van der Waals surface area (Å²) in [5.74, 6) is 0.844. The van der Waals surface area contributed by atoms with Crippen molar-refractivity contribution in [2.24, 2.45) is 0 Å². The van der Waals surface area contributed by atoms with Crippen molar-refractivity contribution in [2.45, 2.75) is 6.17 Å². The standard InChI is InChI=1S/C17H16N4OS/c1-22-12-4-2-3-10(5-12)11-6-13-14(8-20-16(13)19-7-11)15-9-23-17(18)21-15/h2-9,16,19-20H,1H3,(H2,18,21). The first-order valence-corrected chi connectivity index (χ1v) is 8.13. The van der Waals surface area contributed by atoms with E-state index in [0.29, 0.717) is 5.13 Å². The van der Waals surface area contributed by atoms with Crippen molar-refractivity contribution in [3.63, 3.8) is 0 Å². The smallest absolute Gasteiger partial charge is 0.180 e. The number of benzene rings is 1. The van der Waals surface area contributed by atoms with E-state index < -0.39 is 0 Å². The summed E-state index contributed by atoms with van der Waals surface area (Å²) in [6.07, 6.45) is 6.25. The molecule has 0 spiro atoms. The molecule has 1 aromatic carbocycles. The van der Waals surface area contributed by atoms with Crippen molar-refractivity contribution >= 4 is 27.6 Å². The summed E-state index contributed by atoms with van der Waals surface area (Å²) in [7, 11) is 1.68. The van der Waals surface area contributed by atoms with E-state index in [4.69, 9.17) is 10.5 Å². The molecule has 23 heavy (non-hydrogen) atoms. The summed E-state index contributed by atoms with van der Waals surface area (Å²) in [6, 6.07) is 8.03.